The molecule has 2 nitrogen and oxygen atoms in total. The van der Waals surface area contributed by atoms with Gasteiger partial charge in [0.15, 0.2) is 0 Å². The second kappa shape index (κ2) is 11.0. The molecule has 1 radical (unpaired) electrons. The normalized spacial score (nSPS) is 9.08. The molecule has 3 heteroatoms. The van der Waals surface area contributed by atoms with Crippen LogP contribution in [0, 0.1) is 0 Å². The van der Waals surface area contributed by atoms with Crippen molar-refractivity contribution in [1.29, 1.82) is 0 Å². The number of unbranched alkanes of at least 4 members (excludes halogenated alkanes) is 5. The van der Waals surface area contributed by atoms with E-state index < -0.39 is 5.97 Å². The van der Waals surface area contributed by atoms with Crippen molar-refractivity contribution >= 4 is 5.97 Å². The van der Waals surface area contributed by atoms with Gasteiger partial charge in [0, 0.05) is 23.2 Å². The Morgan fingerprint density at radius 1 is 1.08 bits per heavy atom. The molecule has 75 valence electrons. The maximum atomic E-state index is 10.1. The number of rotatable bonds is 7. The van der Waals surface area contributed by atoms with Crippen LogP contribution in [0.2, 0.25) is 0 Å². The number of aliphatic carboxylic acids is 1. The van der Waals surface area contributed by atoms with Crippen molar-refractivity contribution in [2.45, 2.75) is 51.9 Å². The summed E-state index contributed by atoms with van der Waals surface area (Å²) in [5.41, 5.74) is 0. The Balaban J connectivity index is 0. The van der Waals surface area contributed by atoms with E-state index in [1.54, 1.807) is 0 Å². The van der Waals surface area contributed by atoms with Crippen molar-refractivity contribution in [2.24, 2.45) is 0 Å². The maximum absolute atomic E-state index is 10.1. The molecule has 0 atom stereocenters. The molecule has 0 saturated heterocycles. The molecule has 0 aliphatic rings. The molecule has 0 rings (SSSR count). The first-order chi connectivity index (χ1) is 5.27. The van der Waals surface area contributed by atoms with Crippen molar-refractivity contribution in [2.75, 3.05) is 0 Å². The topological polar surface area (TPSA) is 37.3 Å². The van der Waals surface area contributed by atoms with Gasteiger partial charge < -0.3 is 5.11 Å². The molecule has 0 unspecified atom stereocenters. The number of carboxylic acid groups (broad SMARTS) is 1. The van der Waals surface area contributed by atoms with E-state index in [1.807, 2.05) is 0 Å². The van der Waals surface area contributed by atoms with E-state index in [4.69, 9.17) is 5.11 Å². The zero-order valence-electron chi connectivity index (χ0n) is 7.64. The Morgan fingerprint density at radius 2 is 1.58 bits per heavy atom. The fourth-order valence-electron chi connectivity index (χ4n) is 1.06. The molecule has 0 saturated carbocycles. The van der Waals surface area contributed by atoms with E-state index in [1.165, 1.54) is 25.7 Å². The molecule has 0 aromatic heterocycles. The molecular formula is C9H18CoO2. The van der Waals surface area contributed by atoms with Gasteiger partial charge in [0.25, 0.3) is 0 Å². The molecule has 1 N–H and O–H groups in total. The van der Waals surface area contributed by atoms with Crippen molar-refractivity contribution < 1.29 is 26.7 Å². The van der Waals surface area contributed by atoms with E-state index in [0.29, 0.717) is 6.42 Å². The minimum absolute atomic E-state index is 0. The predicted octanol–water partition coefficient (Wildman–Crippen LogP) is 2.82. The monoisotopic (exact) mass is 217 g/mol. The number of hydrogen-bond donors (Lipinski definition) is 1. The van der Waals surface area contributed by atoms with Crippen molar-refractivity contribution in [3.63, 3.8) is 0 Å². The SMILES string of the molecule is CCCCCCCCC(=O)O.[Co]. The summed E-state index contributed by atoms with van der Waals surface area (Å²) in [5.74, 6) is -0.666. The van der Waals surface area contributed by atoms with Gasteiger partial charge in [-0.05, 0) is 6.42 Å². The van der Waals surface area contributed by atoms with Gasteiger partial charge in [-0.2, -0.15) is 0 Å². The number of hydrogen-bond acceptors (Lipinski definition) is 1. The first-order valence-corrected chi connectivity index (χ1v) is 4.49. The molecule has 0 aliphatic heterocycles. The molecule has 0 bridgehead atoms. The first-order valence-electron chi connectivity index (χ1n) is 4.49. The summed E-state index contributed by atoms with van der Waals surface area (Å²) < 4.78 is 0. The fourth-order valence-corrected chi connectivity index (χ4v) is 1.06. The summed E-state index contributed by atoms with van der Waals surface area (Å²) in [7, 11) is 0. The smallest absolute Gasteiger partial charge is 0.303 e. The third kappa shape index (κ3) is 12.6. The molecule has 0 aromatic carbocycles. The van der Waals surface area contributed by atoms with Gasteiger partial charge in [0.1, 0.15) is 0 Å². The summed E-state index contributed by atoms with van der Waals surface area (Å²) in [5, 5.41) is 8.32. The van der Waals surface area contributed by atoms with E-state index in [2.05, 4.69) is 6.92 Å². The van der Waals surface area contributed by atoms with Crippen molar-refractivity contribution in [1.82, 2.24) is 0 Å². The van der Waals surface area contributed by atoms with Crippen molar-refractivity contribution in [3.05, 3.63) is 0 Å². The Labute approximate surface area is 84.9 Å². The summed E-state index contributed by atoms with van der Waals surface area (Å²) >= 11 is 0. The molecule has 12 heavy (non-hydrogen) atoms. The van der Waals surface area contributed by atoms with Gasteiger partial charge in [-0.15, -0.1) is 0 Å². The number of carbonyl (C=O) groups is 1. The van der Waals surface area contributed by atoms with Crippen LogP contribution in [-0.2, 0) is 21.6 Å². The second-order valence-corrected chi connectivity index (χ2v) is 2.91. The van der Waals surface area contributed by atoms with Gasteiger partial charge in [-0.1, -0.05) is 39.0 Å². The Bertz CT molecular complexity index is 105. The van der Waals surface area contributed by atoms with Crippen LogP contribution in [-0.4, -0.2) is 11.1 Å². The Morgan fingerprint density at radius 3 is 2.08 bits per heavy atom. The standard InChI is InChI=1S/C9H18O2.Co/c1-2-3-4-5-6-7-8-9(10)11;/h2-8H2,1H3,(H,10,11);. The molecule has 0 spiro atoms. The van der Waals surface area contributed by atoms with Gasteiger partial charge in [0.05, 0.1) is 0 Å². The Hall–Kier alpha value is -0.0235. The van der Waals surface area contributed by atoms with Crippen LogP contribution in [0.5, 0.6) is 0 Å². The average Bonchev–Trinajstić information content (AvgIpc) is 1.96. The quantitative estimate of drug-likeness (QED) is 0.666. The minimum Gasteiger partial charge on any atom is -0.481 e. The van der Waals surface area contributed by atoms with Gasteiger partial charge in [0.2, 0.25) is 0 Å². The molecular weight excluding hydrogens is 199 g/mol. The van der Waals surface area contributed by atoms with Crippen molar-refractivity contribution in [3.8, 4) is 0 Å². The van der Waals surface area contributed by atoms with Crippen LogP contribution in [0.3, 0.4) is 0 Å². The van der Waals surface area contributed by atoms with Crippen LogP contribution < -0.4 is 0 Å². The van der Waals surface area contributed by atoms with Gasteiger partial charge in [-0.3, -0.25) is 4.79 Å². The summed E-state index contributed by atoms with van der Waals surface area (Å²) in [6, 6.07) is 0. The number of carboxylic acids is 1. The summed E-state index contributed by atoms with van der Waals surface area (Å²) in [4.78, 5) is 10.1. The minimum atomic E-state index is -0.666. The van der Waals surface area contributed by atoms with E-state index in [9.17, 15) is 4.79 Å². The average molecular weight is 217 g/mol. The van der Waals surface area contributed by atoms with Gasteiger partial charge in [-0.25, -0.2) is 0 Å². The van der Waals surface area contributed by atoms with Crippen LogP contribution >= 0.6 is 0 Å². The Kier molecular flexibility index (Phi) is 13.3. The van der Waals surface area contributed by atoms with Crippen LogP contribution in [0.15, 0.2) is 0 Å². The van der Waals surface area contributed by atoms with E-state index in [0.717, 1.165) is 12.8 Å². The molecule has 0 heterocycles. The molecule has 0 aliphatic carbocycles. The molecule has 0 aromatic rings. The van der Waals surface area contributed by atoms with E-state index >= 15 is 0 Å². The van der Waals surface area contributed by atoms with Crippen LogP contribution in [0.1, 0.15) is 51.9 Å². The summed E-state index contributed by atoms with van der Waals surface area (Å²) in [6.45, 7) is 2.18. The zero-order valence-corrected chi connectivity index (χ0v) is 8.68. The van der Waals surface area contributed by atoms with Gasteiger partial charge >= 0.3 is 5.97 Å². The largest absolute Gasteiger partial charge is 0.481 e. The molecule has 0 amide bonds. The third-order valence-electron chi connectivity index (χ3n) is 1.74. The van der Waals surface area contributed by atoms with Crippen LogP contribution in [0.25, 0.3) is 0 Å². The second-order valence-electron chi connectivity index (χ2n) is 2.91. The van der Waals surface area contributed by atoms with Crippen LogP contribution in [0.4, 0.5) is 0 Å². The summed E-state index contributed by atoms with van der Waals surface area (Å²) in [6.07, 6.45) is 7.25. The first kappa shape index (κ1) is 14.5. The molecule has 0 fully saturated rings. The maximum Gasteiger partial charge on any atom is 0.303 e. The fraction of sp³-hybridized carbons (Fsp3) is 0.889. The van der Waals surface area contributed by atoms with E-state index in [-0.39, 0.29) is 16.8 Å². The third-order valence-corrected chi connectivity index (χ3v) is 1.74. The zero-order chi connectivity index (χ0) is 8.53. The predicted molar refractivity (Wildman–Crippen MR) is 45.6 cm³/mol.